The largest absolute Gasteiger partial charge is 0.495 e. The molecule has 25 heavy (non-hydrogen) atoms. The Hall–Kier alpha value is -2.08. The number of nitrogens with zero attached hydrogens (tertiary/aromatic N) is 1. The first-order chi connectivity index (χ1) is 11.8. The Labute approximate surface area is 149 Å². The molecule has 0 radical (unpaired) electrons. The lowest BCUT2D eigenvalue weighted by Gasteiger charge is -2.27. The van der Waals surface area contributed by atoms with E-state index in [1.807, 2.05) is 39.0 Å². The van der Waals surface area contributed by atoms with Gasteiger partial charge in [0, 0.05) is 25.0 Å². The third-order valence-corrected chi connectivity index (χ3v) is 5.14. The number of rotatable bonds is 7. The number of nitrogens with two attached hydrogens (primary N) is 1. The minimum absolute atomic E-state index is 0.0611. The third kappa shape index (κ3) is 4.31. The summed E-state index contributed by atoms with van der Waals surface area (Å²) in [4.78, 5) is 26.6. The van der Waals surface area contributed by atoms with Crippen molar-refractivity contribution in [1.82, 2.24) is 5.32 Å². The van der Waals surface area contributed by atoms with Crippen molar-refractivity contribution < 1.29 is 14.3 Å². The summed E-state index contributed by atoms with van der Waals surface area (Å²) in [5.74, 6) is 0.0990. The second-order valence-electron chi connectivity index (χ2n) is 6.87. The molecule has 2 amide bonds. The average Bonchev–Trinajstić information content (AvgIpc) is 3.01. The molecule has 1 aromatic rings. The third-order valence-electron chi connectivity index (χ3n) is 5.14. The summed E-state index contributed by atoms with van der Waals surface area (Å²) in [7, 11) is 1.58. The summed E-state index contributed by atoms with van der Waals surface area (Å²) >= 11 is 0. The average molecular weight is 347 g/mol. The molecular weight excluding hydrogens is 318 g/mol. The van der Waals surface area contributed by atoms with Crippen LogP contribution in [0.25, 0.3) is 0 Å². The van der Waals surface area contributed by atoms with E-state index in [1.165, 1.54) is 0 Å². The highest BCUT2D eigenvalue weighted by atomic mass is 16.5. The van der Waals surface area contributed by atoms with E-state index in [1.54, 1.807) is 12.0 Å². The molecule has 6 nitrogen and oxygen atoms in total. The van der Waals surface area contributed by atoms with Crippen molar-refractivity contribution in [3.05, 3.63) is 23.8 Å². The van der Waals surface area contributed by atoms with Gasteiger partial charge in [-0.05, 0) is 37.5 Å². The van der Waals surface area contributed by atoms with Crippen LogP contribution < -0.4 is 20.7 Å². The summed E-state index contributed by atoms with van der Waals surface area (Å²) < 4.78 is 5.37. The fourth-order valence-electron chi connectivity index (χ4n) is 3.03. The summed E-state index contributed by atoms with van der Waals surface area (Å²) in [5, 5.41) is 2.93. The molecule has 0 spiro atoms. The minimum Gasteiger partial charge on any atom is -0.495 e. The lowest BCUT2D eigenvalue weighted by Crippen LogP contribution is -2.50. The molecule has 1 aliphatic rings. The molecule has 1 saturated heterocycles. The molecule has 0 aliphatic carbocycles. The topological polar surface area (TPSA) is 84.7 Å². The molecular formula is C19H29N3O3. The Morgan fingerprint density at radius 3 is 2.68 bits per heavy atom. The zero-order chi connectivity index (χ0) is 18.6. The summed E-state index contributed by atoms with van der Waals surface area (Å²) in [6.45, 7) is 6.78. The Kier molecular flexibility index (Phi) is 6.06. The molecule has 2 rings (SSSR count). The second kappa shape index (κ2) is 7.87. The summed E-state index contributed by atoms with van der Waals surface area (Å²) in [6.07, 6.45) is 1.79. The van der Waals surface area contributed by atoms with Crippen molar-refractivity contribution in [3.63, 3.8) is 0 Å². The maximum atomic E-state index is 12.5. The van der Waals surface area contributed by atoms with Crippen molar-refractivity contribution in [2.75, 3.05) is 25.1 Å². The first kappa shape index (κ1) is 19.2. The molecule has 1 fully saturated rings. The number of hydrogen-bond acceptors (Lipinski definition) is 4. The van der Waals surface area contributed by atoms with Gasteiger partial charge in [-0.1, -0.05) is 19.9 Å². The normalized spacial score (nSPS) is 17.7. The van der Waals surface area contributed by atoms with Crippen LogP contribution in [-0.2, 0) is 9.59 Å². The fraction of sp³-hybridized carbons (Fsp3) is 0.579. The van der Waals surface area contributed by atoms with Gasteiger partial charge in [-0.15, -0.1) is 0 Å². The monoisotopic (exact) mass is 347 g/mol. The number of nitrogens with one attached hydrogen (secondary N) is 1. The number of ether oxygens (including phenoxy) is 1. The van der Waals surface area contributed by atoms with E-state index in [2.05, 4.69) is 5.32 Å². The van der Waals surface area contributed by atoms with Crippen molar-refractivity contribution in [2.45, 2.75) is 45.6 Å². The van der Waals surface area contributed by atoms with Gasteiger partial charge in [0.05, 0.1) is 18.7 Å². The van der Waals surface area contributed by atoms with Gasteiger partial charge in [0.15, 0.2) is 0 Å². The molecule has 6 heteroatoms. The Balaban J connectivity index is 2.07. The van der Waals surface area contributed by atoms with Crippen LogP contribution in [0.15, 0.2) is 18.2 Å². The van der Waals surface area contributed by atoms with Crippen LogP contribution in [0.2, 0.25) is 0 Å². The van der Waals surface area contributed by atoms with E-state index < -0.39 is 5.54 Å². The van der Waals surface area contributed by atoms with E-state index in [4.69, 9.17) is 10.5 Å². The van der Waals surface area contributed by atoms with Crippen molar-refractivity contribution in [1.29, 1.82) is 0 Å². The lowest BCUT2D eigenvalue weighted by molar-refractivity contribution is -0.126. The zero-order valence-corrected chi connectivity index (χ0v) is 15.6. The SMILES string of the molecule is CCC(N)(CC)CNC(=O)C1CC(=O)N(c2cc(C)ccc2OC)C1. The van der Waals surface area contributed by atoms with Gasteiger partial charge in [-0.25, -0.2) is 0 Å². The van der Waals surface area contributed by atoms with E-state index >= 15 is 0 Å². The van der Waals surface area contributed by atoms with Gasteiger partial charge < -0.3 is 20.7 Å². The van der Waals surface area contributed by atoms with Gasteiger partial charge >= 0.3 is 0 Å². The van der Waals surface area contributed by atoms with Gasteiger partial charge in [-0.2, -0.15) is 0 Å². The van der Waals surface area contributed by atoms with Crippen LogP contribution in [0.1, 0.15) is 38.7 Å². The predicted octanol–water partition coefficient (Wildman–Crippen LogP) is 1.99. The number of anilines is 1. The van der Waals surface area contributed by atoms with E-state index in [9.17, 15) is 9.59 Å². The van der Waals surface area contributed by atoms with Crippen molar-refractivity contribution in [2.24, 2.45) is 11.7 Å². The standard InChI is InChI=1S/C19H29N3O3/c1-5-19(20,6-2)12-21-18(24)14-10-17(23)22(11-14)15-9-13(3)7-8-16(15)25-4/h7-9,14H,5-6,10-12,20H2,1-4H3,(H,21,24). The molecule has 0 bridgehead atoms. The van der Waals surface area contributed by atoms with Crippen LogP contribution in [-0.4, -0.2) is 37.6 Å². The number of amides is 2. The molecule has 1 aromatic carbocycles. The maximum absolute atomic E-state index is 12.5. The van der Waals surface area contributed by atoms with Gasteiger partial charge in [-0.3, -0.25) is 9.59 Å². The Bertz CT molecular complexity index is 641. The molecule has 3 N–H and O–H groups in total. The first-order valence-electron chi connectivity index (χ1n) is 8.85. The highest BCUT2D eigenvalue weighted by Crippen LogP contribution is 2.33. The van der Waals surface area contributed by atoms with E-state index in [-0.39, 0.29) is 24.2 Å². The number of benzene rings is 1. The molecule has 0 saturated carbocycles. The zero-order valence-electron chi connectivity index (χ0n) is 15.6. The number of aryl methyl sites for hydroxylation is 1. The highest BCUT2D eigenvalue weighted by molar-refractivity contribution is 6.01. The van der Waals surface area contributed by atoms with Crippen molar-refractivity contribution in [3.8, 4) is 5.75 Å². The van der Waals surface area contributed by atoms with Crippen LogP contribution >= 0.6 is 0 Å². The number of methoxy groups -OCH3 is 1. The van der Waals surface area contributed by atoms with Crippen LogP contribution in [0.4, 0.5) is 5.69 Å². The highest BCUT2D eigenvalue weighted by Gasteiger charge is 2.36. The van der Waals surface area contributed by atoms with Gasteiger partial charge in [0.1, 0.15) is 5.75 Å². The number of carbonyl (C=O) groups excluding carboxylic acids is 2. The molecule has 1 unspecified atom stereocenters. The summed E-state index contributed by atoms with van der Waals surface area (Å²) in [6, 6.07) is 5.69. The Morgan fingerprint density at radius 1 is 1.40 bits per heavy atom. The smallest absolute Gasteiger partial charge is 0.227 e. The quantitative estimate of drug-likeness (QED) is 0.790. The number of hydrogen-bond donors (Lipinski definition) is 2. The van der Waals surface area contributed by atoms with Crippen LogP contribution in [0.3, 0.4) is 0 Å². The minimum atomic E-state index is -0.391. The van der Waals surface area contributed by atoms with E-state index in [0.717, 1.165) is 24.1 Å². The molecule has 1 aliphatic heterocycles. The lowest BCUT2D eigenvalue weighted by atomic mass is 9.94. The second-order valence-corrected chi connectivity index (χ2v) is 6.87. The summed E-state index contributed by atoms with van der Waals surface area (Å²) in [5.41, 5.74) is 7.60. The molecule has 1 atom stereocenters. The predicted molar refractivity (Wildman–Crippen MR) is 98.7 cm³/mol. The van der Waals surface area contributed by atoms with Crippen LogP contribution in [0.5, 0.6) is 5.75 Å². The molecule has 138 valence electrons. The number of carbonyl (C=O) groups is 2. The van der Waals surface area contributed by atoms with E-state index in [0.29, 0.717) is 18.8 Å². The van der Waals surface area contributed by atoms with Gasteiger partial charge in [0.2, 0.25) is 11.8 Å². The molecule has 0 aromatic heterocycles. The molecule has 1 heterocycles. The first-order valence-corrected chi connectivity index (χ1v) is 8.85. The van der Waals surface area contributed by atoms with Crippen molar-refractivity contribution >= 4 is 17.5 Å². The maximum Gasteiger partial charge on any atom is 0.227 e. The Morgan fingerprint density at radius 2 is 2.08 bits per heavy atom. The van der Waals surface area contributed by atoms with Gasteiger partial charge in [0.25, 0.3) is 0 Å². The fourth-order valence-corrected chi connectivity index (χ4v) is 3.03. The van der Waals surface area contributed by atoms with Crippen LogP contribution in [0, 0.1) is 12.8 Å².